The molecule has 0 spiro atoms. The smallest absolute Gasteiger partial charge is 0.406 e. The van der Waals surface area contributed by atoms with Crippen LogP contribution in [0.3, 0.4) is 0 Å². The van der Waals surface area contributed by atoms with E-state index < -0.39 is 11.7 Å². The van der Waals surface area contributed by atoms with Crippen LogP contribution in [0.2, 0.25) is 0 Å². The number of rotatable bonds is 11. The highest BCUT2D eigenvalue weighted by molar-refractivity contribution is 6.00. The molecule has 3 aromatic heterocycles. The largest absolute Gasteiger partial charge is 0.460 e. The summed E-state index contributed by atoms with van der Waals surface area (Å²) in [4.78, 5) is 41.8. The van der Waals surface area contributed by atoms with E-state index in [2.05, 4.69) is 36.8 Å². The molecule has 1 fully saturated rings. The molecule has 0 saturated heterocycles. The summed E-state index contributed by atoms with van der Waals surface area (Å²) in [5.74, 6) is -0.248. The average molecular weight is 604 g/mol. The average Bonchev–Trinajstić information content (AvgIpc) is 3.35. The molecule has 1 aliphatic carbocycles. The number of alkyl carbamates (subject to hydrolysis) is 1. The SMILES string of the molecule is COC(=O)NCC1CC(Nc2cc(-c3ccc4cc(C#N)cnn34)ncc2C(=O)NCCC(C)(C)CC(=O)OC(C)(C)C)C1. The van der Waals surface area contributed by atoms with Crippen LogP contribution in [0.15, 0.2) is 36.7 Å². The monoisotopic (exact) mass is 603 g/mol. The van der Waals surface area contributed by atoms with Crippen LogP contribution in [0.5, 0.6) is 0 Å². The topological polar surface area (TPSA) is 160 Å². The summed E-state index contributed by atoms with van der Waals surface area (Å²) >= 11 is 0. The predicted molar refractivity (Wildman–Crippen MR) is 165 cm³/mol. The second-order valence-corrected chi connectivity index (χ2v) is 13.0. The van der Waals surface area contributed by atoms with Crippen molar-refractivity contribution in [2.45, 2.75) is 71.9 Å². The summed E-state index contributed by atoms with van der Waals surface area (Å²) in [6, 6.07) is 9.53. The number of carbonyl (C=O) groups excluding carboxylic acids is 3. The second kappa shape index (κ2) is 13.3. The Morgan fingerprint density at radius 1 is 1.09 bits per heavy atom. The standard InChI is InChI=1S/C32H41N7O5/c1-31(2,3)44-28(40)15-32(4,5)9-10-34-29(41)24-19-35-26(27-8-7-23-13-21(16-33)18-37-39(23)27)14-25(24)38-22-11-20(12-22)17-36-30(42)43-6/h7-8,13-14,18-20,22H,9-12,15,17H2,1-6H3,(H,34,41)(H,35,38)(H,36,42). The molecule has 0 radical (unpaired) electrons. The van der Waals surface area contributed by atoms with Gasteiger partial charge in [-0.3, -0.25) is 14.6 Å². The molecule has 3 heterocycles. The Balaban J connectivity index is 1.48. The van der Waals surface area contributed by atoms with Gasteiger partial charge in [-0.25, -0.2) is 9.31 Å². The highest BCUT2D eigenvalue weighted by Gasteiger charge is 2.31. The first-order valence-electron chi connectivity index (χ1n) is 14.7. The molecular weight excluding hydrogens is 562 g/mol. The molecule has 0 atom stereocenters. The van der Waals surface area contributed by atoms with Crippen molar-refractivity contribution in [2.24, 2.45) is 11.3 Å². The lowest BCUT2D eigenvalue weighted by atomic mass is 9.80. The molecule has 1 saturated carbocycles. The number of fused-ring (bicyclic) bond motifs is 1. The summed E-state index contributed by atoms with van der Waals surface area (Å²) in [5, 5.41) is 22.9. The van der Waals surface area contributed by atoms with Crippen LogP contribution < -0.4 is 16.0 Å². The third kappa shape index (κ3) is 8.46. The van der Waals surface area contributed by atoms with Crippen LogP contribution in [0.1, 0.15) is 76.2 Å². The molecule has 3 aromatic rings. The maximum Gasteiger partial charge on any atom is 0.406 e. The quantitative estimate of drug-likeness (QED) is 0.264. The molecule has 0 aromatic carbocycles. The Bertz CT molecular complexity index is 1560. The van der Waals surface area contributed by atoms with Gasteiger partial charge in [0.15, 0.2) is 0 Å². The first-order chi connectivity index (χ1) is 20.8. The number of anilines is 1. The fraction of sp³-hybridized carbons (Fsp3) is 0.500. The van der Waals surface area contributed by atoms with Crippen LogP contribution in [0.25, 0.3) is 16.9 Å². The van der Waals surface area contributed by atoms with Gasteiger partial charge in [-0.15, -0.1) is 0 Å². The molecule has 234 valence electrons. The van der Waals surface area contributed by atoms with E-state index in [0.717, 1.165) is 24.1 Å². The van der Waals surface area contributed by atoms with Crippen LogP contribution in [-0.2, 0) is 14.3 Å². The minimum absolute atomic E-state index is 0.106. The van der Waals surface area contributed by atoms with Crippen molar-refractivity contribution in [2.75, 3.05) is 25.5 Å². The molecule has 44 heavy (non-hydrogen) atoms. The van der Waals surface area contributed by atoms with E-state index in [1.165, 1.54) is 13.3 Å². The summed E-state index contributed by atoms with van der Waals surface area (Å²) in [7, 11) is 1.34. The molecule has 0 bridgehead atoms. The molecular formula is C32H41N7O5. The Morgan fingerprint density at radius 3 is 2.52 bits per heavy atom. The number of methoxy groups -OCH3 is 1. The number of nitrogens with zero attached hydrogens (tertiary/aromatic N) is 4. The lowest BCUT2D eigenvalue weighted by molar-refractivity contribution is -0.157. The normalized spacial score (nSPS) is 16.4. The van der Waals surface area contributed by atoms with Gasteiger partial charge in [-0.1, -0.05) is 13.8 Å². The fourth-order valence-electron chi connectivity index (χ4n) is 5.16. The predicted octanol–water partition coefficient (Wildman–Crippen LogP) is 4.69. The number of aromatic nitrogens is 3. The highest BCUT2D eigenvalue weighted by atomic mass is 16.6. The number of pyridine rings is 1. The number of nitrogens with one attached hydrogen (secondary N) is 3. The molecule has 1 aliphatic rings. The van der Waals surface area contributed by atoms with Crippen LogP contribution in [-0.4, -0.2) is 64.4 Å². The molecule has 12 nitrogen and oxygen atoms in total. The van der Waals surface area contributed by atoms with E-state index in [9.17, 15) is 19.6 Å². The molecule has 12 heteroatoms. The van der Waals surface area contributed by atoms with Crippen molar-refractivity contribution in [3.63, 3.8) is 0 Å². The van der Waals surface area contributed by atoms with E-state index in [1.807, 2.05) is 52.8 Å². The van der Waals surface area contributed by atoms with Crippen molar-refractivity contribution in [3.05, 3.63) is 47.8 Å². The van der Waals surface area contributed by atoms with Gasteiger partial charge < -0.3 is 25.4 Å². The number of nitriles is 1. The minimum Gasteiger partial charge on any atom is -0.460 e. The fourth-order valence-corrected chi connectivity index (χ4v) is 5.16. The first kappa shape index (κ1) is 32.3. The van der Waals surface area contributed by atoms with Crippen molar-refractivity contribution in [1.82, 2.24) is 25.2 Å². The number of amides is 2. The Labute approximate surface area is 257 Å². The third-order valence-electron chi connectivity index (χ3n) is 7.49. The Morgan fingerprint density at radius 2 is 1.84 bits per heavy atom. The maximum absolute atomic E-state index is 13.4. The van der Waals surface area contributed by atoms with E-state index in [4.69, 9.17) is 4.74 Å². The van der Waals surface area contributed by atoms with Gasteiger partial charge >= 0.3 is 12.1 Å². The zero-order chi connectivity index (χ0) is 32.1. The van der Waals surface area contributed by atoms with Crippen molar-refractivity contribution in [3.8, 4) is 17.5 Å². The van der Waals surface area contributed by atoms with Gasteiger partial charge in [0.25, 0.3) is 5.91 Å². The summed E-state index contributed by atoms with van der Waals surface area (Å²) in [6.07, 6.45) is 5.04. The van der Waals surface area contributed by atoms with E-state index >= 15 is 0 Å². The molecule has 3 N–H and O–H groups in total. The van der Waals surface area contributed by atoms with E-state index in [0.29, 0.717) is 47.9 Å². The Hall–Kier alpha value is -4.66. The molecule has 2 amide bonds. The first-order valence-corrected chi connectivity index (χ1v) is 14.7. The summed E-state index contributed by atoms with van der Waals surface area (Å²) in [6.45, 7) is 10.4. The van der Waals surface area contributed by atoms with Gasteiger partial charge in [0.2, 0.25) is 0 Å². The third-order valence-corrected chi connectivity index (χ3v) is 7.49. The number of hydrogen-bond acceptors (Lipinski definition) is 9. The minimum atomic E-state index is -0.551. The lowest BCUT2D eigenvalue weighted by Gasteiger charge is -2.36. The van der Waals surface area contributed by atoms with E-state index in [-0.39, 0.29) is 29.8 Å². The van der Waals surface area contributed by atoms with Gasteiger partial charge in [-0.05, 0) is 75.6 Å². The number of ether oxygens (including phenoxy) is 2. The number of hydrogen-bond donors (Lipinski definition) is 3. The van der Waals surface area contributed by atoms with Gasteiger partial charge in [-0.2, -0.15) is 10.4 Å². The molecule has 0 aliphatic heterocycles. The lowest BCUT2D eigenvalue weighted by Crippen LogP contribution is -2.42. The number of carbonyl (C=O) groups is 3. The van der Waals surface area contributed by atoms with Crippen LogP contribution >= 0.6 is 0 Å². The van der Waals surface area contributed by atoms with Gasteiger partial charge in [0, 0.05) is 25.3 Å². The molecule has 0 unspecified atom stereocenters. The maximum atomic E-state index is 13.4. The van der Waals surface area contributed by atoms with Crippen molar-refractivity contribution >= 4 is 29.2 Å². The molecule has 4 rings (SSSR count). The van der Waals surface area contributed by atoms with Gasteiger partial charge in [0.1, 0.15) is 11.7 Å². The summed E-state index contributed by atoms with van der Waals surface area (Å²) < 4.78 is 11.8. The second-order valence-electron chi connectivity index (χ2n) is 13.0. The van der Waals surface area contributed by atoms with Crippen molar-refractivity contribution in [1.29, 1.82) is 5.26 Å². The number of esters is 1. The zero-order valence-electron chi connectivity index (χ0n) is 26.2. The van der Waals surface area contributed by atoms with Crippen LogP contribution in [0, 0.1) is 22.7 Å². The van der Waals surface area contributed by atoms with E-state index in [1.54, 1.807) is 16.8 Å². The van der Waals surface area contributed by atoms with Crippen molar-refractivity contribution < 1.29 is 23.9 Å². The van der Waals surface area contributed by atoms with Crippen LogP contribution in [0.4, 0.5) is 10.5 Å². The summed E-state index contributed by atoms with van der Waals surface area (Å²) in [5.41, 5.74) is 2.66. The highest BCUT2D eigenvalue weighted by Crippen LogP contribution is 2.33. The zero-order valence-corrected chi connectivity index (χ0v) is 26.2. The van der Waals surface area contributed by atoms with Gasteiger partial charge in [0.05, 0.1) is 53.4 Å². The Kier molecular flexibility index (Phi) is 9.77.